The molecule has 1 unspecified atom stereocenters. The van der Waals surface area contributed by atoms with Gasteiger partial charge in [0.15, 0.2) is 0 Å². The van der Waals surface area contributed by atoms with Crippen LogP contribution < -0.4 is 0 Å². The van der Waals surface area contributed by atoms with Gasteiger partial charge in [0.2, 0.25) is 5.56 Å². The summed E-state index contributed by atoms with van der Waals surface area (Å²) >= 11 is 5.79. The number of fused-ring (bicyclic) bond motifs is 1. The van der Waals surface area contributed by atoms with Gasteiger partial charge in [-0.25, -0.2) is 4.98 Å². The second-order valence-electron chi connectivity index (χ2n) is 2.73. The lowest BCUT2D eigenvalue weighted by Crippen LogP contribution is -1.94. The van der Waals surface area contributed by atoms with Gasteiger partial charge in [-0.2, -0.15) is 0 Å². The van der Waals surface area contributed by atoms with Crippen molar-refractivity contribution < 1.29 is 9.53 Å². The maximum atomic E-state index is 10.1. The van der Waals surface area contributed by atoms with Gasteiger partial charge in [-0.15, -0.1) is 0 Å². The summed E-state index contributed by atoms with van der Waals surface area (Å²) in [6, 6.07) is 5.37. The fourth-order valence-corrected chi connectivity index (χ4v) is 1.40. The molecule has 1 atom stereocenters. The number of benzene rings is 1. The van der Waals surface area contributed by atoms with Gasteiger partial charge in [0.1, 0.15) is 0 Å². The first kappa shape index (κ1) is 9.02. The molecule has 0 saturated heterocycles. The van der Waals surface area contributed by atoms with E-state index in [1.807, 2.05) is 6.07 Å². The largest absolute Gasteiger partial charge is 0.444 e. The number of imidazole rings is 1. The van der Waals surface area contributed by atoms with Crippen LogP contribution >= 0.6 is 11.6 Å². The Balaban J connectivity index is 2.38. The summed E-state index contributed by atoms with van der Waals surface area (Å²) in [7, 11) is 0. The van der Waals surface area contributed by atoms with Gasteiger partial charge in [-0.05, 0) is 12.1 Å². The van der Waals surface area contributed by atoms with Crippen LogP contribution in [0.3, 0.4) is 0 Å². The molecule has 0 aliphatic heterocycles. The SMILES string of the molecule is O=COC(Cl)c1ccc2nc[nH]c2c1. The maximum absolute atomic E-state index is 10.1. The standard InChI is InChI=1S/C9H7ClN2O2/c10-9(14-5-13)6-1-2-7-8(3-6)12-4-11-7/h1-5,9H,(H,11,12). The molecule has 0 spiro atoms. The number of ether oxygens (including phenoxy) is 1. The van der Waals surface area contributed by atoms with Gasteiger partial charge in [-0.3, -0.25) is 4.79 Å². The van der Waals surface area contributed by atoms with E-state index in [0.29, 0.717) is 6.47 Å². The minimum absolute atomic E-state index is 0.328. The molecule has 0 saturated carbocycles. The number of alkyl halides is 1. The smallest absolute Gasteiger partial charge is 0.294 e. The lowest BCUT2D eigenvalue weighted by atomic mass is 10.2. The number of carbonyl (C=O) groups excluding carboxylic acids is 1. The third kappa shape index (κ3) is 1.56. The highest BCUT2D eigenvalue weighted by Gasteiger charge is 2.08. The number of hydrogen-bond acceptors (Lipinski definition) is 3. The minimum Gasteiger partial charge on any atom is -0.444 e. The molecular weight excluding hydrogens is 204 g/mol. The highest BCUT2D eigenvalue weighted by molar-refractivity contribution is 6.20. The number of nitrogens with zero attached hydrogens (tertiary/aromatic N) is 1. The van der Waals surface area contributed by atoms with Crippen LogP contribution in [-0.4, -0.2) is 16.4 Å². The minimum atomic E-state index is -0.750. The summed E-state index contributed by atoms with van der Waals surface area (Å²) in [5.41, 5.74) is 1.68. The van der Waals surface area contributed by atoms with E-state index in [4.69, 9.17) is 11.6 Å². The summed E-state index contributed by atoms with van der Waals surface area (Å²) in [5.74, 6) is 0. The number of aromatic amines is 1. The van der Waals surface area contributed by atoms with E-state index in [9.17, 15) is 4.79 Å². The Hall–Kier alpha value is -1.55. The molecular formula is C9H7ClN2O2. The van der Waals surface area contributed by atoms with E-state index in [1.54, 1.807) is 18.5 Å². The van der Waals surface area contributed by atoms with Crippen LogP contribution in [0.1, 0.15) is 11.1 Å². The number of halogens is 1. The number of aromatic nitrogens is 2. The Bertz CT molecular complexity index is 455. The van der Waals surface area contributed by atoms with Gasteiger partial charge < -0.3 is 9.72 Å². The maximum Gasteiger partial charge on any atom is 0.294 e. The molecule has 1 N–H and O–H groups in total. The predicted molar refractivity (Wildman–Crippen MR) is 51.8 cm³/mol. The van der Waals surface area contributed by atoms with Crippen molar-refractivity contribution in [1.82, 2.24) is 9.97 Å². The molecule has 0 fully saturated rings. The molecule has 0 radical (unpaired) electrons. The third-order valence-corrected chi connectivity index (χ3v) is 2.24. The Morgan fingerprint density at radius 3 is 3.21 bits per heavy atom. The molecule has 0 amide bonds. The Morgan fingerprint density at radius 1 is 1.57 bits per heavy atom. The summed E-state index contributed by atoms with van der Waals surface area (Å²) in [6.07, 6.45) is 1.60. The van der Waals surface area contributed by atoms with Crippen molar-refractivity contribution in [3.05, 3.63) is 30.1 Å². The van der Waals surface area contributed by atoms with E-state index in [0.717, 1.165) is 16.6 Å². The topological polar surface area (TPSA) is 55.0 Å². The molecule has 2 aromatic rings. The number of rotatable bonds is 3. The van der Waals surface area contributed by atoms with Gasteiger partial charge in [0.25, 0.3) is 6.47 Å². The van der Waals surface area contributed by atoms with E-state index in [-0.39, 0.29) is 0 Å². The van der Waals surface area contributed by atoms with Crippen LogP contribution in [0.5, 0.6) is 0 Å². The first-order valence-electron chi connectivity index (χ1n) is 3.97. The third-order valence-electron chi connectivity index (χ3n) is 1.88. The van der Waals surface area contributed by atoms with Crippen LogP contribution in [0.15, 0.2) is 24.5 Å². The van der Waals surface area contributed by atoms with Crippen LogP contribution in [0.4, 0.5) is 0 Å². The Morgan fingerprint density at radius 2 is 2.43 bits per heavy atom. The van der Waals surface area contributed by atoms with E-state index in [1.165, 1.54) is 0 Å². The van der Waals surface area contributed by atoms with Crippen molar-refractivity contribution in [1.29, 1.82) is 0 Å². The van der Waals surface area contributed by atoms with Crippen LogP contribution in [-0.2, 0) is 9.53 Å². The molecule has 0 bridgehead atoms. The summed E-state index contributed by atoms with van der Waals surface area (Å²) in [5, 5.41) is 0. The molecule has 1 heterocycles. The van der Waals surface area contributed by atoms with Crippen molar-refractivity contribution in [3.8, 4) is 0 Å². The van der Waals surface area contributed by atoms with E-state index in [2.05, 4.69) is 14.7 Å². The average molecular weight is 211 g/mol. The molecule has 0 aliphatic carbocycles. The van der Waals surface area contributed by atoms with Crippen LogP contribution in [0.2, 0.25) is 0 Å². The van der Waals surface area contributed by atoms with Gasteiger partial charge >= 0.3 is 0 Å². The van der Waals surface area contributed by atoms with Crippen molar-refractivity contribution in [2.75, 3.05) is 0 Å². The van der Waals surface area contributed by atoms with Crippen LogP contribution in [0, 0.1) is 0 Å². The lowest BCUT2D eigenvalue weighted by Gasteiger charge is -2.06. The number of hydrogen-bond donors (Lipinski definition) is 1. The highest BCUT2D eigenvalue weighted by Crippen LogP contribution is 2.23. The highest BCUT2D eigenvalue weighted by atomic mass is 35.5. The predicted octanol–water partition coefficient (Wildman–Crippen LogP) is 1.97. The zero-order valence-corrected chi connectivity index (χ0v) is 7.86. The number of nitrogens with one attached hydrogen (secondary N) is 1. The fourth-order valence-electron chi connectivity index (χ4n) is 1.22. The molecule has 0 aliphatic rings. The van der Waals surface area contributed by atoms with E-state index >= 15 is 0 Å². The first-order valence-corrected chi connectivity index (χ1v) is 4.41. The molecule has 2 rings (SSSR count). The molecule has 1 aromatic heterocycles. The normalized spacial score (nSPS) is 12.6. The molecule has 1 aromatic carbocycles. The average Bonchev–Trinajstić information content (AvgIpc) is 2.64. The summed E-state index contributed by atoms with van der Waals surface area (Å²) in [4.78, 5) is 17.1. The van der Waals surface area contributed by atoms with E-state index < -0.39 is 5.56 Å². The van der Waals surface area contributed by atoms with Crippen molar-refractivity contribution >= 4 is 29.1 Å². The van der Waals surface area contributed by atoms with Gasteiger partial charge in [0.05, 0.1) is 17.4 Å². The van der Waals surface area contributed by atoms with Crippen molar-refractivity contribution in [2.45, 2.75) is 5.56 Å². The molecule has 14 heavy (non-hydrogen) atoms. The summed E-state index contributed by atoms with van der Waals surface area (Å²) < 4.78 is 4.60. The Labute approximate surface area is 84.9 Å². The molecule has 72 valence electrons. The van der Waals surface area contributed by atoms with Crippen LogP contribution in [0.25, 0.3) is 11.0 Å². The molecule has 5 heteroatoms. The second-order valence-corrected chi connectivity index (χ2v) is 3.12. The fraction of sp³-hybridized carbons (Fsp3) is 0.111. The number of carbonyl (C=O) groups is 1. The first-order chi connectivity index (χ1) is 6.81. The van der Waals surface area contributed by atoms with Gasteiger partial charge in [-0.1, -0.05) is 17.7 Å². The second kappa shape index (κ2) is 3.67. The Kier molecular flexibility index (Phi) is 2.37. The number of H-pyrrole nitrogens is 1. The zero-order chi connectivity index (χ0) is 9.97. The quantitative estimate of drug-likeness (QED) is 0.623. The molecule has 4 nitrogen and oxygen atoms in total. The summed E-state index contributed by atoms with van der Waals surface area (Å²) in [6.45, 7) is 0.328. The van der Waals surface area contributed by atoms with Gasteiger partial charge in [0, 0.05) is 5.56 Å². The van der Waals surface area contributed by atoms with Crippen molar-refractivity contribution in [2.24, 2.45) is 0 Å². The lowest BCUT2D eigenvalue weighted by molar-refractivity contribution is -0.130. The zero-order valence-electron chi connectivity index (χ0n) is 7.11. The van der Waals surface area contributed by atoms with Crippen molar-refractivity contribution in [3.63, 3.8) is 0 Å². The monoisotopic (exact) mass is 210 g/mol.